The van der Waals surface area contributed by atoms with Gasteiger partial charge in [-0.15, -0.1) is 0 Å². The number of benzene rings is 2. The van der Waals surface area contributed by atoms with Gasteiger partial charge in [-0.1, -0.05) is 12.1 Å². The summed E-state index contributed by atoms with van der Waals surface area (Å²) in [5.74, 6) is -1.31. The highest BCUT2D eigenvalue weighted by atomic mass is 19.3. The van der Waals surface area contributed by atoms with Gasteiger partial charge in [-0.25, -0.2) is 18.2 Å². The molecule has 10 nitrogen and oxygen atoms in total. The first-order chi connectivity index (χ1) is 19.6. The molecular weight excluding hydrogens is 541 g/mol. The first kappa shape index (κ1) is 27.5. The Kier molecular flexibility index (Phi) is 7.28. The van der Waals surface area contributed by atoms with Gasteiger partial charge in [0.1, 0.15) is 12.4 Å². The molecule has 13 heteroatoms. The third kappa shape index (κ3) is 5.26. The van der Waals surface area contributed by atoms with Crippen molar-refractivity contribution in [3.8, 4) is 16.9 Å². The number of hydrogen-bond acceptors (Lipinski definition) is 7. The van der Waals surface area contributed by atoms with E-state index in [-0.39, 0.29) is 50.6 Å². The molecule has 3 heterocycles. The first-order valence-corrected chi connectivity index (χ1v) is 12.3. The number of Topliss-reactive ketones (excluding diaryl/α,β-unsaturated/α-hetero) is 1. The van der Waals surface area contributed by atoms with E-state index in [1.807, 2.05) is 0 Å². The minimum absolute atomic E-state index is 0.123. The molecule has 0 aliphatic rings. The van der Waals surface area contributed by atoms with Crippen LogP contribution in [0.4, 0.5) is 24.7 Å². The predicted octanol–water partition coefficient (Wildman–Crippen LogP) is 3.79. The van der Waals surface area contributed by atoms with E-state index < -0.39 is 36.5 Å². The van der Waals surface area contributed by atoms with E-state index in [1.165, 1.54) is 60.0 Å². The lowest BCUT2D eigenvalue weighted by molar-refractivity contribution is 0.101. The highest BCUT2D eigenvalue weighted by Gasteiger charge is 2.18. The van der Waals surface area contributed by atoms with Gasteiger partial charge in [-0.3, -0.25) is 23.6 Å². The van der Waals surface area contributed by atoms with Gasteiger partial charge >= 0.3 is 0 Å². The summed E-state index contributed by atoms with van der Waals surface area (Å²) in [7, 11) is 1.49. The van der Waals surface area contributed by atoms with Crippen molar-refractivity contribution in [1.29, 1.82) is 0 Å². The SMILES string of the molecule is CC(=O)c1cc(F)c2c(=O)n(-c3cccc(-c4cn(C)c(=O)c(Nc5cnn(CC(F)F)c5)n4)c3CO)ccc2c1. The molecule has 0 saturated carbocycles. The number of alkyl halides is 2. The number of aliphatic hydroxyl groups excluding tert-OH is 1. The molecule has 2 N–H and O–H groups in total. The number of aliphatic hydroxyl groups is 1. The lowest BCUT2D eigenvalue weighted by Crippen LogP contribution is -2.22. The van der Waals surface area contributed by atoms with E-state index >= 15 is 0 Å². The number of rotatable bonds is 8. The van der Waals surface area contributed by atoms with Crippen LogP contribution >= 0.6 is 0 Å². The Labute approximate surface area is 229 Å². The van der Waals surface area contributed by atoms with Crippen molar-refractivity contribution in [1.82, 2.24) is 23.9 Å². The number of pyridine rings is 1. The Hall–Kier alpha value is -5.04. The second-order valence-electron chi connectivity index (χ2n) is 9.29. The summed E-state index contributed by atoms with van der Waals surface area (Å²) in [6.45, 7) is 0.154. The lowest BCUT2D eigenvalue weighted by Gasteiger charge is -2.16. The van der Waals surface area contributed by atoms with E-state index in [2.05, 4.69) is 15.4 Å². The average molecular weight is 565 g/mol. The maximum atomic E-state index is 15.0. The van der Waals surface area contributed by atoms with Gasteiger partial charge < -0.3 is 15.0 Å². The Morgan fingerprint density at radius 3 is 2.61 bits per heavy atom. The molecule has 2 aromatic carbocycles. The summed E-state index contributed by atoms with van der Waals surface area (Å²) < 4.78 is 43.8. The predicted molar refractivity (Wildman–Crippen MR) is 145 cm³/mol. The molecule has 0 aliphatic carbocycles. The molecule has 3 aromatic heterocycles. The fourth-order valence-electron chi connectivity index (χ4n) is 4.55. The molecule has 5 aromatic rings. The third-order valence-corrected chi connectivity index (χ3v) is 6.50. The minimum Gasteiger partial charge on any atom is -0.392 e. The molecular formula is C28H23F3N6O4. The highest BCUT2D eigenvalue weighted by Crippen LogP contribution is 2.28. The second kappa shape index (κ2) is 10.8. The number of nitrogens with one attached hydrogen (secondary N) is 1. The molecule has 0 atom stereocenters. The van der Waals surface area contributed by atoms with Crippen molar-refractivity contribution in [2.24, 2.45) is 7.05 Å². The maximum absolute atomic E-state index is 15.0. The van der Waals surface area contributed by atoms with Crippen molar-refractivity contribution in [2.45, 2.75) is 26.5 Å². The maximum Gasteiger partial charge on any atom is 0.293 e. The zero-order chi connectivity index (χ0) is 29.4. The number of hydrogen-bond donors (Lipinski definition) is 2. The van der Waals surface area contributed by atoms with Crippen LogP contribution in [0.3, 0.4) is 0 Å². The molecule has 0 fully saturated rings. The monoisotopic (exact) mass is 564 g/mol. The van der Waals surface area contributed by atoms with Crippen molar-refractivity contribution in [3.63, 3.8) is 0 Å². The van der Waals surface area contributed by atoms with Gasteiger partial charge in [0.15, 0.2) is 11.6 Å². The summed E-state index contributed by atoms with van der Waals surface area (Å²) in [6.07, 6.45) is 2.85. The summed E-state index contributed by atoms with van der Waals surface area (Å²) in [4.78, 5) is 42.3. The van der Waals surface area contributed by atoms with Crippen molar-refractivity contribution in [3.05, 3.63) is 98.8 Å². The molecule has 5 rings (SSSR count). The van der Waals surface area contributed by atoms with Crippen LogP contribution in [0.5, 0.6) is 0 Å². The van der Waals surface area contributed by atoms with Crippen LogP contribution in [-0.2, 0) is 20.2 Å². The van der Waals surface area contributed by atoms with Crippen LogP contribution < -0.4 is 16.4 Å². The Balaban J connectivity index is 1.61. The van der Waals surface area contributed by atoms with Gasteiger partial charge in [-0.2, -0.15) is 5.10 Å². The molecule has 0 spiro atoms. The molecule has 0 amide bonds. The number of fused-ring (bicyclic) bond motifs is 1. The van der Waals surface area contributed by atoms with Crippen LogP contribution in [0.2, 0.25) is 0 Å². The van der Waals surface area contributed by atoms with E-state index in [9.17, 15) is 32.7 Å². The zero-order valence-corrected chi connectivity index (χ0v) is 21.8. The van der Waals surface area contributed by atoms with E-state index in [0.717, 1.165) is 10.7 Å². The van der Waals surface area contributed by atoms with Crippen LogP contribution in [0.15, 0.2) is 70.8 Å². The summed E-state index contributed by atoms with van der Waals surface area (Å²) in [5.41, 5.74) is 0.365. The molecule has 0 aliphatic heterocycles. The standard InChI is InChI=1S/C28H23F3N6O4/c1-15(39)17-8-16-6-7-37(27(40)25(16)21(29)9-17)23-5-3-4-19(20(23)14-38)22-12-35(2)28(41)26(34-22)33-18-10-32-36(11-18)13-24(30)31/h3-12,24,38H,13-14H2,1-2H3,(H,33,34). The van der Waals surface area contributed by atoms with E-state index in [0.29, 0.717) is 5.56 Å². The topological polar surface area (TPSA) is 124 Å². The Morgan fingerprint density at radius 1 is 1.12 bits per heavy atom. The van der Waals surface area contributed by atoms with Gasteiger partial charge in [-0.05, 0) is 36.6 Å². The number of halogens is 3. The number of carbonyl (C=O) groups is 1. The smallest absolute Gasteiger partial charge is 0.293 e. The molecule has 0 saturated heterocycles. The zero-order valence-electron chi connectivity index (χ0n) is 21.8. The second-order valence-corrected chi connectivity index (χ2v) is 9.29. The lowest BCUT2D eigenvalue weighted by atomic mass is 10.0. The largest absolute Gasteiger partial charge is 0.392 e. The molecule has 210 valence electrons. The Morgan fingerprint density at radius 2 is 1.90 bits per heavy atom. The number of aromatic nitrogens is 5. The Bertz CT molecular complexity index is 1930. The summed E-state index contributed by atoms with van der Waals surface area (Å²) >= 11 is 0. The third-order valence-electron chi connectivity index (χ3n) is 6.50. The normalized spacial score (nSPS) is 11.4. The first-order valence-electron chi connectivity index (χ1n) is 12.3. The van der Waals surface area contributed by atoms with Crippen LogP contribution in [0, 0.1) is 5.82 Å². The molecule has 0 bridgehead atoms. The fourth-order valence-corrected chi connectivity index (χ4v) is 4.55. The number of aryl methyl sites for hydroxylation is 1. The van der Waals surface area contributed by atoms with Crippen molar-refractivity contribution in [2.75, 3.05) is 5.32 Å². The average Bonchev–Trinajstić information content (AvgIpc) is 3.36. The minimum atomic E-state index is -2.61. The van der Waals surface area contributed by atoms with Crippen LogP contribution in [0.1, 0.15) is 22.8 Å². The fraction of sp³-hybridized carbons (Fsp3) is 0.179. The van der Waals surface area contributed by atoms with E-state index in [4.69, 9.17) is 0 Å². The van der Waals surface area contributed by atoms with Gasteiger partial charge in [0, 0.05) is 42.3 Å². The highest BCUT2D eigenvalue weighted by molar-refractivity contribution is 5.98. The van der Waals surface area contributed by atoms with Gasteiger partial charge in [0.05, 0.1) is 35.3 Å². The number of ketones is 1. The summed E-state index contributed by atoms with van der Waals surface area (Å²) in [5, 5.41) is 17.0. The van der Waals surface area contributed by atoms with Crippen molar-refractivity contribution >= 4 is 28.1 Å². The van der Waals surface area contributed by atoms with Crippen LogP contribution in [-0.4, -0.2) is 41.2 Å². The summed E-state index contributed by atoms with van der Waals surface area (Å²) in [6, 6.07) is 8.78. The molecule has 0 unspecified atom stereocenters. The van der Waals surface area contributed by atoms with Gasteiger partial charge in [0.2, 0.25) is 0 Å². The molecule has 41 heavy (non-hydrogen) atoms. The van der Waals surface area contributed by atoms with Crippen LogP contribution in [0.25, 0.3) is 27.7 Å². The van der Waals surface area contributed by atoms with E-state index in [1.54, 1.807) is 18.2 Å². The van der Waals surface area contributed by atoms with Gasteiger partial charge in [0.25, 0.3) is 17.5 Å². The number of carbonyl (C=O) groups excluding carboxylic acids is 1. The quantitative estimate of drug-likeness (QED) is 0.275. The number of anilines is 2. The number of nitrogens with zero attached hydrogens (tertiary/aromatic N) is 5. The van der Waals surface area contributed by atoms with Crippen molar-refractivity contribution < 1.29 is 23.1 Å². The molecule has 0 radical (unpaired) electrons.